The second kappa shape index (κ2) is 7.25. The van der Waals surface area contributed by atoms with Crippen molar-refractivity contribution in [1.82, 2.24) is 9.88 Å². The van der Waals surface area contributed by atoms with E-state index in [0.717, 1.165) is 23.0 Å². The molecular formula is C22H27FN2. The van der Waals surface area contributed by atoms with Crippen LogP contribution in [-0.2, 0) is 0 Å². The van der Waals surface area contributed by atoms with Gasteiger partial charge in [-0.3, -0.25) is 9.88 Å². The normalized spacial score (nSPS) is 22.4. The number of rotatable bonds is 3. The summed E-state index contributed by atoms with van der Waals surface area (Å²) in [5.74, 6) is 0.399. The second-order valence-corrected chi connectivity index (χ2v) is 7.65. The van der Waals surface area contributed by atoms with Crippen molar-refractivity contribution in [2.24, 2.45) is 0 Å². The van der Waals surface area contributed by atoms with Gasteiger partial charge in [0.1, 0.15) is 5.82 Å². The Bertz CT molecular complexity index is 719. The molecule has 0 radical (unpaired) electrons. The maximum atomic E-state index is 13.1. The summed E-state index contributed by atoms with van der Waals surface area (Å²) in [4.78, 5) is 7.56. The number of likely N-dealkylation sites (tertiary alicyclic amines) is 1. The van der Waals surface area contributed by atoms with Gasteiger partial charge in [-0.25, -0.2) is 4.39 Å². The molecule has 1 unspecified atom stereocenters. The monoisotopic (exact) mass is 338 g/mol. The van der Waals surface area contributed by atoms with Gasteiger partial charge in [0, 0.05) is 23.8 Å². The fourth-order valence-corrected chi connectivity index (χ4v) is 4.65. The van der Waals surface area contributed by atoms with Gasteiger partial charge < -0.3 is 0 Å². The molecule has 1 aliphatic carbocycles. The molecule has 2 nitrogen and oxygen atoms in total. The maximum Gasteiger partial charge on any atom is 0.123 e. The van der Waals surface area contributed by atoms with Crippen molar-refractivity contribution in [3.8, 4) is 11.3 Å². The van der Waals surface area contributed by atoms with Crippen LogP contribution in [0.1, 0.15) is 55.7 Å². The smallest absolute Gasteiger partial charge is 0.123 e. The van der Waals surface area contributed by atoms with E-state index in [1.165, 1.54) is 69.3 Å². The highest BCUT2D eigenvalue weighted by atomic mass is 19.1. The van der Waals surface area contributed by atoms with Gasteiger partial charge in [-0.05, 0) is 81.0 Å². The van der Waals surface area contributed by atoms with Gasteiger partial charge >= 0.3 is 0 Å². The minimum absolute atomic E-state index is 0.202. The van der Waals surface area contributed by atoms with E-state index < -0.39 is 0 Å². The number of benzene rings is 1. The lowest BCUT2D eigenvalue weighted by Crippen LogP contribution is -2.40. The molecule has 2 fully saturated rings. The highest BCUT2D eigenvalue weighted by Crippen LogP contribution is 2.34. The number of halogens is 1. The largest absolute Gasteiger partial charge is 0.300 e. The van der Waals surface area contributed by atoms with Crippen molar-refractivity contribution < 1.29 is 4.39 Å². The molecule has 2 aliphatic rings. The molecule has 2 heterocycles. The zero-order valence-electron chi connectivity index (χ0n) is 15.0. The number of piperidine rings is 1. The molecular weight excluding hydrogens is 311 g/mol. The lowest BCUT2D eigenvalue weighted by Gasteiger charge is -2.37. The molecule has 1 atom stereocenters. The number of hydrogen-bond donors (Lipinski definition) is 0. The average molecular weight is 338 g/mol. The third kappa shape index (κ3) is 3.62. The Morgan fingerprint density at radius 1 is 0.960 bits per heavy atom. The van der Waals surface area contributed by atoms with E-state index in [2.05, 4.69) is 24.0 Å². The third-order valence-corrected chi connectivity index (χ3v) is 6.00. The first kappa shape index (κ1) is 16.7. The molecule has 0 bridgehead atoms. The Labute approximate surface area is 150 Å². The Morgan fingerprint density at radius 2 is 1.72 bits per heavy atom. The van der Waals surface area contributed by atoms with Gasteiger partial charge in [0.15, 0.2) is 0 Å². The van der Waals surface area contributed by atoms with Crippen LogP contribution < -0.4 is 0 Å². The number of aryl methyl sites for hydroxylation is 1. The summed E-state index contributed by atoms with van der Waals surface area (Å²) in [7, 11) is 0. The molecule has 0 N–H and O–H groups in total. The van der Waals surface area contributed by atoms with Crippen molar-refractivity contribution in [2.45, 2.75) is 57.4 Å². The fraction of sp³-hybridized carbons (Fsp3) is 0.500. The number of hydrogen-bond acceptors (Lipinski definition) is 2. The molecule has 1 aromatic carbocycles. The van der Waals surface area contributed by atoms with E-state index in [0.29, 0.717) is 5.92 Å². The van der Waals surface area contributed by atoms with Crippen molar-refractivity contribution in [3.05, 3.63) is 53.5 Å². The van der Waals surface area contributed by atoms with Crippen molar-refractivity contribution in [2.75, 3.05) is 13.1 Å². The quantitative estimate of drug-likeness (QED) is 0.753. The molecule has 1 aromatic heterocycles. The molecule has 0 amide bonds. The number of nitrogens with zero attached hydrogens (tertiary/aromatic N) is 2. The summed E-state index contributed by atoms with van der Waals surface area (Å²) in [5, 5.41) is 0. The van der Waals surface area contributed by atoms with Gasteiger partial charge in [0.25, 0.3) is 0 Å². The van der Waals surface area contributed by atoms with Gasteiger partial charge in [0.2, 0.25) is 0 Å². The number of aromatic nitrogens is 1. The summed E-state index contributed by atoms with van der Waals surface area (Å²) >= 11 is 0. The first-order valence-corrected chi connectivity index (χ1v) is 9.68. The Morgan fingerprint density at radius 3 is 2.44 bits per heavy atom. The van der Waals surface area contributed by atoms with E-state index in [1.807, 2.05) is 0 Å². The van der Waals surface area contributed by atoms with Crippen LogP contribution in [0.2, 0.25) is 0 Å². The Kier molecular flexibility index (Phi) is 4.85. The maximum absolute atomic E-state index is 13.1. The van der Waals surface area contributed by atoms with Crippen LogP contribution in [-0.4, -0.2) is 29.0 Å². The summed E-state index contributed by atoms with van der Waals surface area (Å²) in [6, 6.07) is 11.8. The molecule has 1 saturated heterocycles. The zero-order valence-corrected chi connectivity index (χ0v) is 15.0. The predicted molar refractivity (Wildman–Crippen MR) is 100 cm³/mol. The summed E-state index contributed by atoms with van der Waals surface area (Å²) in [6.45, 7) is 4.57. The minimum atomic E-state index is -0.202. The van der Waals surface area contributed by atoms with Crippen molar-refractivity contribution in [3.63, 3.8) is 0 Å². The summed E-state index contributed by atoms with van der Waals surface area (Å²) in [5.41, 5.74) is 4.44. The standard InChI is InChI=1S/C22H27FN2/c1-16-21(12-13-22(24-16)17-8-10-19(23)11-9-17)18-5-4-14-25(15-18)20-6-2-3-7-20/h8-13,18,20H,2-7,14-15H2,1H3. The summed E-state index contributed by atoms with van der Waals surface area (Å²) < 4.78 is 13.1. The van der Waals surface area contributed by atoms with Gasteiger partial charge in [-0.2, -0.15) is 0 Å². The van der Waals surface area contributed by atoms with E-state index >= 15 is 0 Å². The highest BCUT2D eigenvalue weighted by Gasteiger charge is 2.29. The van der Waals surface area contributed by atoms with Crippen LogP contribution in [0.5, 0.6) is 0 Å². The number of pyridine rings is 1. The topological polar surface area (TPSA) is 16.1 Å². The van der Waals surface area contributed by atoms with Crippen LogP contribution in [0.4, 0.5) is 4.39 Å². The van der Waals surface area contributed by atoms with Crippen LogP contribution in [0.25, 0.3) is 11.3 Å². The van der Waals surface area contributed by atoms with Gasteiger partial charge in [-0.15, -0.1) is 0 Å². The molecule has 0 spiro atoms. The van der Waals surface area contributed by atoms with Crippen LogP contribution >= 0.6 is 0 Å². The molecule has 132 valence electrons. The van der Waals surface area contributed by atoms with Gasteiger partial charge in [-0.1, -0.05) is 18.9 Å². The second-order valence-electron chi connectivity index (χ2n) is 7.65. The summed E-state index contributed by atoms with van der Waals surface area (Å²) in [6.07, 6.45) is 8.13. The molecule has 4 rings (SSSR count). The average Bonchev–Trinajstić information content (AvgIpc) is 3.17. The van der Waals surface area contributed by atoms with Crippen LogP contribution in [0.15, 0.2) is 36.4 Å². The molecule has 2 aromatic rings. The first-order chi connectivity index (χ1) is 12.2. The van der Waals surface area contributed by atoms with Gasteiger partial charge in [0.05, 0.1) is 5.69 Å². The van der Waals surface area contributed by atoms with E-state index in [1.54, 1.807) is 12.1 Å². The fourth-order valence-electron chi connectivity index (χ4n) is 4.65. The van der Waals surface area contributed by atoms with E-state index in [9.17, 15) is 4.39 Å². The van der Waals surface area contributed by atoms with E-state index in [4.69, 9.17) is 4.98 Å². The zero-order chi connectivity index (χ0) is 17.2. The highest BCUT2D eigenvalue weighted by molar-refractivity contribution is 5.59. The van der Waals surface area contributed by atoms with Crippen molar-refractivity contribution in [1.29, 1.82) is 0 Å². The molecule has 1 aliphatic heterocycles. The Hall–Kier alpha value is -1.74. The first-order valence-electron chi connectivity index (χ1n) is 9.68. The third-order valence-electron chi connectivity index (χ3n) is 6.00. The molecule has 3 heteroatoms. The SMILES string of the molecule is Cc1nc(-c2ccc(F)cc2)ccc1C1CCCN(C2CCCC2)C1. The van der Waals surface area contributed by atoms with E-state index in [-0.39, 0.29) is 5.82 Å². The lowest BCUT2D eigenvalue weighted by molar-refractivity contribution is 0.150. The predicted octanol–water partition coefficient (Wildman–Crippen LogP) is 5.32. The van der Waals surface area contributed by atoms with Crippen LogP contribution in [0.3, 0.4) is 0 Å². The molecule has 1 saturated carbocycles. The van der Waals surface area contributed by atoms with Crippen molar-refractivity contribution >= 4 is 0 Å². The Balaban J connectivity index is 1.53. The van der Waals surface area contributed by atoms with Crippen LogP contribution in [0, 0.1) is 12.7 Å². The lowest BCUT2D eigenvalue weighted by atomic mass is 9.88. The molecule has 25 heavy (non-hydrogen) atoms. The minimum Gasteiger partial charge on any atom is -0.300 e.